The number of fused-ring (bicyclic) bond motifs is 1. The van der Waals surface area contributed by atoms with Crippen molar-refractivity contribution in [3.63, 3.8) is 0 Å². The number of aryl methyl sites for hydroxylation is 3. The molecule has 1 unspecified atom stereocenters. The molecular formula is C25H30. The molecule has 2 aromatic rings. The molecule has 0 bridgehead atoms. The third-order valence-electron chi connectivity index (χ3n) is 5.42. The standard InChI is InChI=1S/C25H30/c1-3-5-7-9-20-10-13-22(14-11-20)24-17-16-23-18-21(8-6-4-2)12-15-25(23)19-24/h3-5,10-15,18,24H,2,6-9,16-17,19H2,1H3/b5-3+. The number of rotatable bonds is 7. The second kappa shape index (κ2) is 8.85. The molecule has 1 aliphatic carbocycles. The third kappa shape index (κ3) is 4.72. The van der Waals surface area contributed by atoms with E-state index >= 15 is 0 Å². The van der Waals surface area contributed by atoms with Crippen LogP contribution < -0.4 is 0 Å². The molecule has 0 spiro atoms. The zero-order valence-corrected chi connectivity index (χ0v) is 15.5. The van der Waals surface area contributed by atoms with Gasteiger partial charge < -0.3 is 0 Å². The number of hydrogen-bond donors (Lipinski definition) is 0. The van der Waals surface area contributed by atoms with Crippen molar-refractivity contribution in [1.29, 1.82) is 0 Å². The van der Waals surface area contributed by atoms with Crippen molar-refractivity contribution in [3.05, 3.63) is 95.1 Å². The van der Waals surface area contributed by atoms with Crippen LogP contribution in [0.15, 0.2) is 67.3 Å². The van der Waals surface area contributed by atoms with Crippen LogP contribution in [0.4, 0.5) is 0 Å². The minimum absolute atomic E-state index is 0.677. The van der Waals surface area contributed by atoms with Crippen molar-refractivity contribution in [2.24, 2.45) is 0 Å². The SMILES string of the molecule is C=CCCc1ccc2c(c1)CCC(c1ccc(CC/C=C/C)cc1)C2. The van der Waals surface area contributed by atoms with Gasteiger partial charge in [0, 0.05) is 0 Å². The van der Waals surface area contributed by atoms with Crippen LogP contribution in [0.5, 0.6) is 0 Å². The first kappa shape index (κ1) is 17.7. The Morgan fingerprint density at radius 3 is 2.48 bits per heavy atom. The summed E-state index contributed by atoms with van der Waals surface area (Å²) in [7, 11) is 0. The van der Waals surface area contributed by atoms with E-state index in [1.54, 1.807) is 11.1 Å². The van der Waals surface area contributed by atoms with Crippen LogP contribution in [-0.2, 0) is 25.7 Å². The Balaban J connectivity index is 1.65. The van der Waals surface area contributed by atoms with Gasteiger partial charge in [0.15, 0.2) is 0 Å². The molecule has 0 aromatic heterocycles. The molecule has 130 valence electrons. The van der Waals surface area contributed by atoms with E-state index in [-0.39, 0.29) is 0 Å². The molecule has 0 saturated carbocycles. The summed E-state index contributed by atoms with van der Waals surface area (Å²) in [5.74, 6) is 0.677. The predicted molar refractivity (Wildman–Crippen MR) is 109 cm³/mol. The van der Waals surface area contributed by atoms with Gasteiger partial charge in [-0.3, -0.25) is 0 Å². The lowest BCUT2D eigenvalue weighted by Crippen LogP contribution is -2.13. The molecule has 0 radical (unpaired) electrons. The molecule has 0 aliphatic heterocycles. The van der Waals surface area contributed by atoms with Crippen LogP contribution in [0.3, 0.4) is 0 Å². The van der Waals surface area contributed by atoms with Crippen molar-refractivity contribution in [3.8, 4) is 0 Å². The fraction of sp³-hybridized carbons (Fsp3) is 0.360. The molecule has 1 aliphatic rings. The highest BCUT2D eigenvalue weighted by Crippen LogP contribution is 2.33. The smallest absolute Gasteiger partial charge is 0.0118 e. The highest BCUT2D eigenvalue weighted by Gasteiger charge is 2.20. The zero-order chi connectivity index (χ0) is 17.5. The van der Waals surface area contributed by atoms with E-state index in [2.05, 4.69) is 68.1 Å². The fourth-order valence-corrected chi connectivity index (χ4v) is 3.89. The van der Waals surface area contributed by atoms with Crippen LogP contribution >= 0.6 is 0 Å². The Morgan fingerprint density at radius 2 is 1.72 bits per heavy atom. The molecule has 0 heteroatoms. The van der Waals surface area contributed by atoms with Gasteiger partial charge in [-0.1, -0.05) is 60.7 Å². The van der Waals surface area contributed by atoms with Crippen LogP contribution in [0.1, 0.15) is 59.9 Å². The largest absolute Gasteiger partial charge is 0.103 e. The van der Waals surface area contributed by atoms with E-state index in [0.29, 0.717) is 5.92 Å². The molecule has 0 saturated heterocycles. The first-order valence-corrected chi connectivity index (χ1v) is 9.71. The molecule has 0 heterocycles. The maximum absolute atomic E-state index is 3.83. The average Bonchev–Trinajstić information content (AvgIpc) is 2.66. The summed E-state index contributed by atoms with van der Waals surface area (Å²) >= 11 is 0. The second-order valence-corrected chi connectivity index (χ2v) is 7.22. The lowest BCUT2D eigenvalue weighted by atomic mass is 9.79. The average molecular weight is 331 g/mol. The first-order valence-electron chi connectivity index (χ1n) is 9.71. The van der Waals surface area contributed by atoms with Gasteiger partial charge in [0.1, 0.15) is 0 Å². The van der Waals surface area contributed by atoms with Gasteiger partial charge in [-0.2, -0.15) is 0 Å². The highest BCUT2D eigenvalue weighted by atomic mass is 14.2. The Hall–Kier alpha value is -2.08. The normalized spacial score (nSPS) is 16.8. The van der Waals surface area contributed by atoms with Gasteiger partial charge in [-0.25, -0.2) is 0 Å². The van der Waals surface area contributed by atoms with Gasteiger partial charge in [0.05, 0.1) is 0 Å². The van der Waals surface area contributed by atoms with Crippen molar-refractivity contribution in [2.75, 3.05) is 0 Å². The van der Waals surface area contributed by atoms with Gasteiger partial charge in [-0.15, -0.1) is 6.58 Å². The summed E-state index contributed by atoms with van der Waals surface area (Å²) in [4.78, 5) is 0. The Bertz CT molecular complexity index is 718. The summed E-state index contributed by atoms with van der Waals surface area (Å²) in [6.07, 6.45) is 14.5. The molecule has 3 rings (SSSR count). The molecule has 25 heavy (non-hydrogen) atoms. The van der Waals surface area contributed by atoms with Gasteiger partial charge in [0.2, 0.25) is 0 Å². The zero-order valence-electron chi connectivity index (χ0n) is 15.5. The van der Waals surface area contributed by atoms with Crippen LogP contribution in [0.25, 0.3) is 0 Å². The topological polar surface area (TPSA) is 0 Å². The molecule has 0 N–H and O–H groups in total. The maximum Gasteiger partial charge on any atom is -0.0118 e. The van der Waals surface area contributed by atoms with Crippen LogP contribution in [0.2, 0.25) is 0 Å². The molecule has 0 nitrogen and oxygen atoms in total. The molecular weight excluding hydrogens is 300 g/mol. The Kier molecular flexibility index (Phi) is 6.28. The van der Waals surface area contributed by atoms with Crippen LogP contribution in [-0.4, -0.2) is 0 Å². The van der Waals surface area contributed by atoms with E-state index in [1.807, 2.05) is 6.08 Å². The molecule has 2 aromatic carbocycles. The third-order valence-corrected chi connectivity index (χ3v) is 5.42. The Morgan fingerprint density at radius 1 is 0.960 bits per heavy atom. The van der Waals surface area contributed by atoms with Gasteiger partial charge >= 0.3 is 0 Å². The van der Waals surface area contributed by atoms with E-state index in [4.69, 9.17) is 0 Å². The van der Waals surface area contributed by atoms with Crippen molar-refractivity contribution in [1.82, 2.24) is 0 Å². The second-order valence-electron chi connectivity index (χ2n) is 7.22. The Labute approximate surface area is 153 Å². The molecule has 0 fully saturated rings. The minimum atomic E-state index is 0.677. The lowest BCUT2D eigenvalue weighted by Gasteiger charge is -2.25. The van der Waals surface area contributed by atoms with Gasteiger partial charge in [0.25, 0.3) is 0 Å². The first-order chi connectivity index (χ1) is 12.3. The quantitative estimate of drug-likeness (QED) is 0.503. The van der Waals surface area contributed by atoms with Crippen LogP contribution in [0, 0.1) is 0 Å². The summed E-state index contributed by atoms with van der Waals surface area (Å²) < 4.78 is 0. The van der Waals surface area contributed by atoms with E-state index in [9.17, 15) is 0 Å². The lowest BCUT2D eigenvalue weighted by molar-refractivity contribution is 0.584. The number of hydrogen-bond acceptors (Lipinski definition) is 0. The summed E-state index contributed by atoms with van der Waals surface area (Å²) in [6.45, 7) is 5.92. The van der Waals surface area contributed by atoms with Crippen molar-refractivity contribution >= 4 is 0 Å². The summed E-state index contributed by atoms with van der Waals surface area (Å²) in [5.41, 5.74) is 7.54. The fourth-order valence-electron chi connectivity index (χ4n) is 3.89. The van der Waals surface area contributed by atoms with E-state index in [1.165, 1.54) is 36.0 Å². The number of benzene rings is 2. The highest BCUT2D eigenvalue weighted by molar-refractivity contribution is 5.37. The molecule has 0 amide bonds. The van der Waals surface area contributed by atoms with Crippen molar-refractivity contribution in [2.45, 2.75) is 57.8 Å². The van der Waals surface area contributed by atoms with E-state index in [0.717, 1.165) is 25.7 Å². The summed E-state index contributed by atoms with van der Waals surface area (Å²) in [5, 5.41) is 0. The monoisotopic (exact) mass is 330 g/mol. The maximum atomic E-state index is 3.83. The number of allylic oxidation sites excluding steroid dienone is 3. The van der Waals surface area contributed by atoms with Gasteiger partial charge in [-0.05, 0) is 85.6 Å². The molecule has 1 atom stereocenters. The minimum Gasteiger partial charge on any atom is -0.103 e. The summed E-state index contributed by atoms with van der Waals surface area (Å²) in [6, 6.07) is 16.5. The van der Waals surface area contributed by atoms with Crippen molar-refractivity contribution < 1.29 is 0 Å². The van der Waals surface area contributed by atoms with E-state index < -0.39 is 0 Å². The predicted octanol–water partition coefficient (Wildman–Crippen LogP) is 6.59.